The van der Waals surface area contributed by atoms with E-state index in [1.807, 2.05) is 6.07 Å². The summed E-state index contributed by atoms with van der Waals surface area (Å²) in [4.78, 5) is 22.0. The Morgan fingerprint density at radius 2 is 1.96 bits per heavy atom. The van der Waals surface area contributed by atoms with Gasteiger partial charge in [0.2, 0.25) is 5.95 Å². The van der Waals surface area contributed by atoms with Gasteiger partial charge in [-0.25, -0.2) is 9.97 Å². The Kier molecular flexibility index (Phi) is 5.62. The first kappa shape index (κ1) is 19.1. The molecular formula is C19H21F3N4O. The summed E-state index contributed by atoms with van der Waals surface area (Å²) in [5.41, 5.74) is -0.126. The maximum atomic E-state index is 13.1. The second-order valence-corrected chi connectivity index (χ2v) is 6.61. The van der Waals surface area contributed by atoms with Gasteiger partial charge in [-0.1, -0.05) is 18.2 Å². The lowest BCUT2D eigenvalue weighted by Gasteiger charge is -2.36. The number of nitrogens with one attached hydrogen (secondary N) is 1. The number of carbonyl (C=O) groups is 1. The van der Waals surface area contributed by atoms with Gasteiger partial charge in [0.25, 0.3) is 5.91 Å². The van der Waals surface area contributed by atoms with Crippen LogP contribution < -0.4 is 10.2 Å². The largest absolute Gasteiger partial charge is 0.433 e. The fraction of sp³-hybridized carbons (Fsp3) is 0.421. The highest BCUT2D eigenvalue weighted by Crippen LogP contribution is 2.30. The first-order valence-electron chi connectivity index (χ1n) is 8.87. The standard InChI is InChI=1S/C19H21F3N4O/c1-13-11-16(19(20,21)22)25-18(24-13)26-10-6-5-9-15(26)12-23-17(27)14-7-3-2-4-8-14/h2-4,7-8,11,15H,5-6,9-10,12H2,1H3,(H,23,27)/t15-/m0/s1. The van der Waals surface area contributed by atoms with Crippen LogP contribution in [0.2, 0.25) is 0 Å². The molecule has 5 nitrogen and oxygen atoms in total. The molecular weight excluding hydrogens is 357 g/mol. The highest BCUT2D eigenvalue weighted by Gasteiger charge is 2.35. The number of aromatic nitrogens is 2. The molecule has 0 spiro atoms. The van der Waals surface area contributed by atoms with Crippen molar-refractivity contribution in [3.8, 4) is 0 Å². The van der Waals surface area contributed by atoms with Crippen LogP contribution >= 0.6 is 0 Å². The minimum absolute atomic E-state index is 0.0704. The van der Waals surface area contributed by atoms with Gasteiger partial charge in [-0.3, -0.25) is 4.79 Å². The van der Waals surface area contributed by atoms with Crippen molar-refractivity contribution in [3.05, 3.63) is 53.3 Å². The number of amides is 1. The number of hydrogen-bond donors (Lipinski definition) is 1. The Morgan fingerprint density at radius 3 is 2.67 bits per heavy atom. The third-order valence-corrected chi connectivity index (χ3v) is 4.55. The maximum Gasteiger partial charge on any atom is 0.433 e. The Balaban J connectivity index is 1.76. The molecule has 1 aliphatic heterocycles. The van der Waals surface area contributed by atoms with Crippen LogP contribution in [0.25, 0.3) is 0 Å². The van der Waals surface area contributed by atoms with Gasteiger partial charge in [-0.15, -0.1) is 0 Å². The number of rotatable bonds is 4. The zero-order valence-corrected chi connectivity index (χ0v) is 15.0. The summed E-state index contributed by atoms with van der Waals surface area (Å²) in [5.74, 6) is -0.136. The van der Waals surface area contributed by atoms with Gasteiger partial charge in [0.1, 0.15) is 5.69 Å². The quantitative estimate of drug-likeness (QED) is 0.883. The molecule has 1 fully saturated rings. The third-order valence-electron chi connectivity index (χ3n) is 4.55. The number of hydrogen-bond acceptors (Lipinski definition) is 4. The number of carbonyl (C=O) groups excluding carboxylic acids is 1. The summed E-state index contributed by atoms with van der Waals surface area (Å²) < 4.78 is 39.3. The fourth-order valence-electron chi connectivity index (χ4n) is 3.20. The molecule has 1 aromatic heterocycles. The van der Waals surface area contributed by atoms with Gasteiger partial charge in [0.05, 0.1) is 0 Å². The molecule has 2 aromatic rings. The van der Waals surface area contributed by atoms with E-state index in [0.717, 1.165) is 25.3 Å². The van der Waals surface area contributed by atoms with E-state index in [1.54, 1.807) is 29.2 Å². The third kappa shape index (κ3) is 4.75. The van der Waals surface area contributed by atoms with Crippen LogP contribution in [0, 0.1) is 6.92 Å². The number of nitrogens with zero attached hydrogens (tertiary/aromatic N) is 3. The SMILES string of the molecule is Cc1cc(C(F)(F)F)nc(N2CCCC[C@H]2CNC(=O)c2ccccc2)n1. The lowest BCUT2D eigenvalue weighted by Crippen LogP contribution is -2.47. The van der Waals surface area contributed by atoms with Crippen LogP contribution in [0.1, 0.15) is 41.0 Å². The van der Waals surface area contributed by atoms with Crippen molar-refractivity contribution in [3.63, 3.8) is 0 Å². The molecule has 0 radical (unpaired) electrons. The van der Waals surface area contributed by atoms with Crippen molar-refractivity contribution >= 4 is 11.9 Å². The highest BCUT2D eigenvalue weighted by atomic mass is 19.4. The molecule has 1 atom stereocenters. The van der Waals surface area contributed by atoms with Gasteiger partial charge >= 0.3 is 6.18 Å². The van der Waals surface area contributed by atoms with Crippen molar-refractivity contribution in [2.45, 2.75) is 38.4 Å². The van der Waals surface area contributed by atoms with E-state index in [9.17, 15) is 18.0 Å². The van der Waals surface area contributed by atoms with Gasteiger partial charge < -0.3 is 10.2 Å². The smallest absolute Gasteiger partial charge is 0.350 e. The second-order valence-electron chi connectivity index (χ2n) is 6.61. The summed E-state index contributed by atoms with van der Waals surface area (Å²) in [6, 6.07) is 9.61. The number of aryl methyl sites for hydroxylation is 1. The molecule has 27 heavy (non-hydrogen) atoms. The minimum atomic E-state index is -4.52. The summed E-state index contributed by atoms with van der Waals surface area (Å²) in [6.45, 7) is 2.41. The number of piperidine rings is 1. The zero-order valence-electron chi connectivity index (χ0n) is 15.0. The van der Waals surface area contributed by atoms with Crippen molar-refractivity contribution in [2.24, 2.45) is 0 Å². The van der Waals surface area contributed by atoms with E-state index >= 15 is 0 Å². The average Bonchev–Trinajstić information content (AvgIpc) is 2.66. The van der Waals surface area contributed by atoms with Crippen molar-refractivity contribution in [1.29, 1.82) is 0 Å². The maximum absolute atomic E-state index is 13.1. The second kappa shape index (κ2) is 7.94. The zero-order chi connectivity index (χ0) is 19.4. The molecule has 0 aliphatic carbocycles. The van der Waals surface area contributed by atoms with Crippen LogP contribution in [0.5, 0.6) is 0 Å². The molecule has 1 saturated heterocycles. The van der Waals surface area contributed by atoms with Crippen LogP contribution in [0.4, 0.5) is 19.1 Å². The summed E-state index contributed by atoms with van der Waals surface area (Å²) >= 11 is 0. The van der Waals surface area contributed by atoms with Gasteiger partial charge in [0, 0.05) is 30.4 Å². The molecule has 0 saturated carbocycles. The number of halogens is 3. The normalized spacial score (nSPS) is 17.6. The lowest BCUT2D eigenvalue weighted by molar-refractivity contribution is -0.141. The Hall–Kier alpha value is -2.64. The van der Waals surface area contributed by atoms with Crippen LogP contribution in [0.15, 0.2) is 36.4 Å². The Bertz CT molecular complexity index is 795. The van der Waals surface area contributed by atoms with Gasteiger partial charge in [0.15, 0.2) is 0 Å². The molecule has 144 valence electrons. The summed E-state index contributed by atoms with van der Waals surface area (Å²) in [7, 11) is 0. The molecule has 3 rings (SSSR count). The Morgan fingerprint density at radius 1 is 1.22 bits per heavy atom. The average molecular weight is 378 g/mol. The molecule has 1 aromatic carbocycles. The monoisotopic (exact) mass is 378 g/mol. The van der Waals surface area contributed by atoms with Crippen LogP contribution in [-0.4, -0.2) is 35.0 Å². The number of alkyl halides is 3. The van der Waals surface area contributed by atoms with Crippen molar-refractivity contribution < 1.29 is 18.0 Å². The number of anilines is 1. The van der Waals surface area contributed by atoms with E-state index in [2.05, 4.69) is 15.3 Å². The molecule has 0 unspecified atom stereocenters. The van der Waals surface area contributed by atoms with E-state index in [1.165, 1.54) is 6.92 Å². The summed E-state index contributed by atoms with van der Waals surface area (Å²) in [6.07, 6.45) is -1.97. The van der Waals surface area contributed by atoms with Crippen LogP contribution in [-0.2, 0) is 6.18 Å². The lowest BCUT2D eigenvalue weighted by atomic mass is 10.0. The van der Waals surface area contributed by atoms with E-state index in [0.29, 0.717) is 18.7 Å². The summed E-state index contributed by atoms with van der Waals surface area (Å²) in [5, 5.41) is 2.87. The molecule has 0 bridgehead atoms. The topological polar surface area (TPSA) is 58.1 Å². The van der Waals surface area contributed by atoms with Gasteiger partial charge in [-0.05, 0) is 44.4 Å². The van der Waals surface area contributed by atoms with Gasteiger partial charge in [-0.2, -0.15) is 13.2 Å². The van der Waals surface area contributed by atoms with Crippen molar-refractivity contribution in [2.75, 3.05) is 18.0 Å². The van der Waals surface area contributed by atoms with E-state index in [-0.39, 0.29) is 23.6 Å². The fourth-order valence-corrected chi connectivity index (χ4v) is 3.20. The predicted molar refractivity (Wildman–Crippen MR) is 95.5 cm³/mol. The molecule has 1 amide bonds. The first-order chi connectivity index (χ1) is 12.8. The number of benzene rings is 1. The molecule has 1 aliphatic rings. The van der Waals surface area contributed by atoms with Crippen LogP contribution in [0.3, 0.4) is 0 Å². The highest BCUT2D eigenvalue weighted by molar-refractivity contribution is 5.94. The molecule has 8 heteroatoms. The Labute approximate surface area is 155 Å². The molecule has 1 N–H and O–H groups in total. The minimum Gasteiger partial charge on any atom is -0.350 e. The van der Waals surface area contributed by atoms with E-state index < -0.39 is 11.9 Å². The predicted octanol–water partition coefficient (Wildman–Crippen LogP) is 3.59. The van der Waals surface area contributed by atoms with E-state index in [4.69, 9.17) is 0 Å². The van der Waals surface area contributed by atoms with Crippen molar-refractivity contribution in [1.82, 2.24) is 15.3 Å². The molecule has 2 heterocycles. The first-order valence-corrected chi connectivity index (χ1v) is 8.87.